The third-order valence-electron chi connectivity index (χ3n) is 2.51. The third-order valence-corrected chi connectivity index (χ3v) is 3.80. The van der Waals surface area contributed by atoms with Crippen LogP contribution in [0.5, 0.6) is 11.5 Å². The molecule has 2 aromatic rings. The normalized spacial score (nSPS) is 12.2. The molecule has 1 atom stereocenters. The second kappa shape index (κ2) is 6.04. The van der Waals surface area contributed by atoms with Gasteiger partial charge >= 0.3 is 0 Å². The molecule has 2 aromatic carbocycles. The molecule has 18 heavy (non-hydrogen) atoms. The molecule has 0 spiro atoms. The molecule has 2 rings (SSSR count). The molecular formula is C14H13BrINO. The number of hydrogen-bond donors (Lipinski definition) is 1. The Labute approximate surface area is 129 Å². The summed E-state index contributed by atoms with van der Waals surface area (Å²) >= 11 is 5.77. The number of benzene rings is 2. The van der Waals surface area contributed by atoms with Gasteiger partial charge in [0.15, 0.2) is 0 Å². The van der Waals surface area contributed by atoms with Crippen molar-refractivity contribution in [1.82, 2.24) is 0 Å². The Kier molecular flexibility index (Phi) is 4.64. The standard InChI is InChI=1S/C14H13BrINO/c1-9(17)10-5-6-14(13(15)7-10)18-12-4-2-3-11(16)8-12/h2-9H,17H2,1H3. The maximum Gasteiger partial charge on any atom is 0.141 e. The number of hydrogen-bond acceptors (Lipinski definition) is 2. The monoisotopic (exact) mass is 417 g/mol. The second-order valence-electron chi connectivity index (χ2n) is 4.04. The highest BCUT2D eigenvalue weighted by atomic mass is 127. The molecule has 1 unspecified atom stereocenters. The molecule has 94 valence electrons. The first kappa shape index (κ1) is 13.8. The Hall–Kier alpha value is -0.590. The first-order valence-corrected chi connectivity index (χ1v) is 7.42. The lowest BCUT2D eigenvalue weighted by Crippen LogP contribution is -2.04. The van der Waals surface area contributed by atoms with Gasteiger partial charge in [0.1, 0.15) is 11.5 Å². The predicted octanol–water partition coefficient (Wildman–Crippen LogP) is 4.87. The Morgan fingerprint density at radius 1 is 1.22 bits per heavy atom. The second-order valence-corrected chi connectivity index (χ2v) is 6.14. The van der Waals surface area contributed by atoms with E-state index in [0.29, 0.717) is 0 Å². The fourth-order valence-corrected chi connectivity index (χ4v) is 2.53. The number of nitrogens with two attached hydrogens (primary N) is 1. The highest BCUT2D eigenvalue weighted by Gasteiger charge is 2.06. The summed E-state index contributed by atoms with van der Waals surface area (Å²) in [6.45, 7) is 1.96. The summed E-state index contributed by atoms with van der Waals surface area (Å²) in [6.07, 6.45) is 0. The lowest BCUT2D eigenvalue weighted by Gasteiger charge is -2.11. The number of halogens is 2. The molecule has 0 aliphatic heterocycles. The van der Waals surface area contributed by atoms with E-state index in [-0.39, 0.29) is 6.04 Å². The largest absolute Gasteiger partial charge is 0.456 e. The molecule has 0 saturated carbocycles. The van der Waals surface area contributed by atoms with Crippen LogP contribution in [0, 0.1) is 3.57 Å². The van der Waals surface area contributed by atoms with E-state index in [9.17, 15) is 0 Å². The zero-order chi connectivity index (χ0) is 13.1. The van der Waals surface area contributed by atoms with Crippen molar-refractivity contribution in [3.63, 3.8) is 0 Å². The summed E-state index contributed by atoms with van der Waals surface area (Å²) in [6, 6.07) is 13.9. The molecule has 0 radical (unpaired) electrons. The van der Waals surface area contributed by atoms with Crippen LogP contribution in [-0.4, -0.2) is 0 Å². The van der Waals surface area contributed by atoms with E-state index < -0.39 is 0 Å². The van der Waals surface area contributed by atoms with Crippen LogP contribution in [0.2, 0.25) is 0 Å². The minimum absolute atomic E-state index is 0.0213. The van der Waals surface area contributed by atoms with Crippen molar-refractivity contribution >= 4 is 38.5 Å². The molecule has 0 heterocycles. The van der Waals surface area contributed by atoms with Crippen LogP contribution in [-0.2, 0) is 0 Å². The van der Waals surface area contributed by atoms with E-state index in [1.54, 1.807) is 0 Å². The predicted molar refractivity (Wildman–Crippen MR) is 86.0 cm³/mol. The van der Waals surface area contributed by atoms with Crippen molar-refractivity contribution in [1.29, 1.82) is 0 Å². The van der Waals surface area contributed by atoms with Gasteiger partial charge in [-0.15, -0.1) is 0 Å². The van der Waals surface area contributed by atoms with Crippen LogP contribution in [0.4, 0.5) is 0 Å². The van der Waals surface area contributed by atoms with Gasteiger partial charge in [-0.2, -0.15) is 0 Å². The summed E-state index contributed by atoms with van der Waals surface area (Å²) in [4.78, 5) is 0. The Morgan fingerprint density at radius 3 is 2.61 bits per heavy atom. The molecule has 4 heteroatoms. The van der Waals surface area contributed by atoms with Gasteiger partial charge in [0.2, 0.25) is 0 Å². The lowest BCUT2D eigenvalue weighted by molar-refractivity contribution is 0.479. The van der Waals surface area contributed by atoms with E-state index in [1.165, 1.54) is 0 Å². The van der Waals surface area contributed by atoms with E-state index >= 15 is 0 Å². The lowest BCUT2D eigenvalue weighted by atomic mass is 10.1. The molecule has 2 nitrogen and oxygen atoms in total. The minimum Gasteiger partial charge on any atom is -0.456 e. The Balaban J connectivity index is 2.24. The average molecular weight is 418 g/mol. The van der Waals surface area contributed by atoms with Gasteiger partial charge in [-0.3, -0.25) is 0 Å². The quantitative estimate of drug-likeness (QED) is 0.723. The van der Waals surface area contributed by atoms with Gasteiger partial charge in [0.05, 0.1) is 4.47 Å². The van der Waals surface area contributed by atoms with Gasteiger partial charge in [-0.05, 0) is 81.3 Å². The van der Waals surface area contributed by atoms with Crippen molar-refractivity contribution in [3.05, 3.63) is 56.1 Å². The van der Waals surface area contributed by atoms with E-state index in [2.05, 4.69) is 38.5 Å². The van der Waals surface area contributed by atoms with Gasteiger partial charge in [-0.1, -0.05) is 12.1 Å². The average Bonchev–Trinajstić information content (AvgIpc) is 2.31. The van der Waals surface area contributed by atoms with Crippen molar-refractivity contribution in [2.24, 2.45) is 5.73 Å². The maximum absolute atomic E-state index is 5.84. The molecule has 0 aliphatic carbocycles. The van der Waals surface area contributed by atoms with Crippen molar-refractivity contribution in [2.75, 3.05) is 0 Å². The van der Waals surface area contributed by atoms with Gasteiger partial charge in [0, 0.05) is 9.61 Å². The SMILES string of the molecule is CC(N)c1ccc(Oc2cccc(I)c2)c(Br)c1. The Bertz CT molecular complexity index is 557. The van der Waals surface area contributed by atoms with Crippen LogP contribution in [0.3, 0.4) is 0 Å². The summed E-state index contributed by atoms with van der Waals surface area (Å²) in [5, 5.41) is 0. The summed E-state index contributed by atoms with van der Waals surface area (Å²) < 4.78 is 7.89. The van der Waals surface area contributed by atoms with Crippen LogP contribution in [0.1, 0.15) is 18.5 Å². The summed E-state index contributed by atoms with van der Waals surface area (Å²) in [5.41, 5.74) is 6.92. The fourth-order valence-electron chi connectivity index (χ4n) is 1.54. The topological polar surface area (TPSA) is 35.2 Å². The summed E-state index contributed by atoms with van der Waals surface area (Å²) in [7, 11) is 0. The summed E-state index contributed by atoms with van der Waals surface area (Å²) in [5.74, 6) is 1.62. The molecule has 0 bridgehead atoms. The zero-order valence-electron chi connectivity index (χ0n) is 9.86. The highest BCUT2D eigenvalue weighted by molar-refractivity contribution is 14.1. The van der Waals surface area contributed by atoms with E-state index in [4.69, 9.17) is 10.5 Å². The molecule has 0 saturated heterocycles. The highest BCUT2D eigenvalue weighted by Crippen LogP contribution is 2.32. The van der Waals surface area contributed by atoms with Crippen molar-refractivity contribution in [3.8, 4) is 11.5 Å². The molecular weight excluding hydrogens is 405 g/mol. The van der Waals surface area contributed by atoms with Crippen molar-refractivity contribution in [2.45, 2.75) is 13.0 Å². The third kappa shape index (κ3) is 3.46. The molecule has 0 aliphatic rings. The van der Waals surface area contributed by atoms with Crippen LogP contribution >= 0.6 is 38.5 Å². The van der Waals surface area contributed by atoms with Crippen LogP contribution < -0.4 is 10.5 Å². The Morgan fingerprint density at radius 2 is 2.00 bits per heavy atom. The van der Waals surface area contributed by atoms with Gasteiger partial charge in [0.25, 0.3) is 0 Å². The first-order chi connectivity index (χ1) is 8.56. The first-order valence-electron chi connectivity index (χ1n) is 5.54. The van der Waals surface area contributed by atoms with Crippen LogP contribution in [0.25, 0.3) is 0 Å². The number of ether oxygens (including phenoxy) is 1. The maximum atomic E-state index is 5.84. The smallest absolute Gasteiger partial charge is 0.141 e. The zero-order valence-corrected chi connectivity index (χ0v) is 13.6. The molecule has 2 N–H and O–H groups in total. The molecule has 0 fully saturated rings. The van der Waals surface area contributed by atoms with Crippen molar-refractivity contribution < 1.29 is 4.74 Å². The van der Waals surface area contributed by atoms with Crippen LogP contribution in [0.15, 0.2) is 46.9 Å². The van der Waals surface area contributed by atoms with E-state index in [0.717, 1.165) is 25.1 Å². The number of rotatable bonds is 3. The minimum atomic E-state index is 0.0213. The molecule has 0 aromatic heterocycles. The van der Waals surface area contributed by atoms with Gasteiger partial charge < -0.3 is 10.5 Å². The van der Waals surface area contributed by atoms with E-state index in [1.807, 2.05) is 49.4 Å². The van der Waals surface area contributed by atoms with Gasteiger partial charge in [-0.25, -0.2) is 0 Å². The fraction of sp³-hybridized carbons (Fsp3) is 0.143. The molecule has 0 amide bonds.